The third kappa shape index (κ3) is 4.17. The lowest BCUT2D eigenvalue weighted by Gasteiger charge is -2.32. The van der Waals surface area contributed by atoms with Gasteiger partial charge >= 0.3 is 12.1 Å². The highest BCUT2D eigenvalue weighted by Crippen LogP contribution is 2.17. The average Bonchev–Trinajstić information content (AvgIpc) is 2.29. The van der Waals surface area contributed by atoms with Crippen LogP contribution in [0.1, 0.15) is 12.8 Å². The second-order valence-corrected chi connectivity index (χ2v) is 4.06. The van der Waals surface area contributed by atoms with Gasteiger partial charge in [-0.2, -0.15) is 13.2 Å². The van der Waals surface area contributed by atoms with E-state index in [1.54, 1.807) is 0 Å². The van der Waals surface area contributed by atoms with Crippen molar-refractivity contribution in [1.29, 1.82) is 0 Å². The van der Waals surface area contributed by atoms with Crippen molar-refractivity contribution < 1.29 is 27.5 Å². The standard InChI is InChI=1S/C10H15F3N2O3/c1-18-6-8(16)15-4-2-7(3-5-15)14-9(17)10(11,12)13/h7H,2-6H2,1H3,(H,14,17). The number of amides is 2. The van der Waals surface area contributed by atoms with Crippen molar-refractivity contribution in [1.82, 2.24) is 10.2 Å². The Morgan fingerprint density at radius 2 is 1.89 bits per heavy atom. The van der Waals surface area contributed by atoms with Gasteiger partial charge in [0.15, 0.2) is 0 Å². The lowest BCUT2D eigenvalue weighted by Crippen LogP contribution is -2.50. The van der Waals surface area contributed by atoms with E-state index in [4.69, 9.17) is 0 Å². The Hall–Kier alpha value is -1.31. The third-order valence-electron chi connectivity index (χ3n) is 2.71. The lowest BCUT2D eigenvalue weighted by molar-refractivity contribution is -0.174. The number of likely N-dealkylation sites (tertiary alicyclic amines) is 1. The van der Waals surface area contributed by atoms with Crippen LogP contribution in [-0.2, 0) is 14.3 Å². The maximum Gasteiger partial charge on any atom is 0.471 e. The number of methoxy groups -OCH3 is 1. The van der Waals surface area contributed by atoms with E-state index in [1.165, 1.54) is 12.0 Å². The van der Waals surface area contributed by atoms with Crippen molar-refractivity contribution in [2.75, 3.05) is 26.8 Å². The minimum atomic E-state index is -4.86. The summed E-state index contributed by atoms with van der Waals surface area (Å²) in [6.45, 7) is 0.607. The zero-order valence-corrected chi connectivity index (χ0v) is 9.92. The van der Waals surface area contributed by atoms with E-state index in [-0.39, 0.29) is 12.5 Å². The second kappa shape index (κ2) is 6.03. The molecule has 0 bridgehead atoms. The minimum Gasteiger partial charge on any atom is -0.375 e. The first-order valence-corrected chi connectivity index (χ1v) is 5.49. The molecule has 2 amide bonds. The topological polar surface area (TPSA) is 58.6 Å². The van der Waals surface area contributed by atoms with Crippen molar-refractivity contribution >= 4 is 11.8 Å². The summed E-state index contributed by atoms with van der Waals surface area (Å²) in [6.07, 6.45) is -4.22. The molecule has 1 heterocycles. The number of nitrogens with zero attached hydrogens (tertiary/aromatic N) is 1. The molecule has 8 heteroatoms. The smallest absolute Gasteiger partial charge is 0.375 e. The zero-order valence-electron chi connectivity index (χ0n) is 9.92. The number of nitrogens with one attached hydrogen (secondary N) is 1. The fourth-order valence-electron chi connectivity index (χ4n) is 1.76. The molecule has 1 aliphatic heterocycles. The van der Waals surface area contributed by atoms with Gasteiger partial charge in [-0.25, -0.2) is 0 Å². The number of alkyl halides is 3. The predicted molar refractivity (Wildman–Crippen MR) is 55.7 cm³/mol. The molecule has 0 saturated carbocycles. The number of carbonyl (C=O) groups excluding carboxylic acids is 2. The van der Waals surface area contributed by atoms with Crippen molar-refractivity contribution in [2.45, 2.75) is 25.1 Å². The summed E-state index contributed by atoms with van der Waals surface area (Å²) < 4.78 is 40.7. The van der Waals surface area contributed by atoms with Gasteiger partial charge in [0.25, 0.3) is 0 Å². The third-order valence-corrected chi connectivity index (χ3v) is 2.71. The summed E-state index contributed by atoms with van der Waals surface area (Å²) in [5.74, 6) is -2.12. The molecule has 1 fully saturated rings. The van der Waals surface area contributed by atoms with Crippen LogP contribution in [0.5, 0.6) is 0 Å². The van der Waals surface area contributed by atoms with Crippen LogP contribution in [0.15, 0.2) is 0 Å². The van der Waals surface area contributed by atoms with Crippen LogP contribution in [-0.4, -0.2) is 55.7 Å². The summed E-state index contributed by atoms with van der Waals surface area (Å²) in [4.78, 5) is 23.6. The van der Waals surface area contributed by atoms with Crippen molar-refractivity contribution in [3.8, 4) is 0 Å². The number of carbonyl (C=O) groups is 2. The van der Waals surface area contributed by atoms with Crippen LogP contribution < -0.4 is 5.32 Å². The first-order chi connectivity index (χ1) is 8.34. The van der Waals surface area contributed by atoms with Crippen LogP contribution >= 0.6 is 0 Å². The van der Waals surface area contributed by atoms with Crippen LogP contribution in [0.3, 0.4) is 0 Å². The summed E-state index contributed by atoms with van der Waals surface area (Å²) in [5, 5.41) is 1.92. The van der Waals surface area contributed by atoms with Crippen LogP contribution in [0.4, 0.5) is 13.2 Å². The van der Waals surface area contributed by atoms with Gasteiger partial charge in [-0.15, -0.1) is 0 Å². The van der Waals surface area contributed by atoms with Crippen molar-refractivity contribution in [2.24, 2.45) is 0 Å². The molecule has 0 aromatic rings. The Kier molecular flexibility index (Phi) is 4.94. The Morgan fingerprint density at radius 1 is 1.33 bits per heavy atom. The normalized spacial score (nSPS) is 17.7. The van der Waals surface area contributed by atoms with E-state index in [1.807, 2.05) is 5.32 Å². The van der Waals surface area contributed by atoms with Crippen LogP contribution in [0.25, 0.3) is 0 Å². The summed E-state index contributed by atoms with van der Waals surface area (Å²) in [7, 11) is 1.40. The summed E-state index contributed by atoms with van der Waals surface area (Å²) in [5.41, 5.74) is 0. The Balaban J connectivity index is 2.36. The van der Waals surface area contributed by atoms with E-state index >= 15 is 0 Å². The molecule has 0 aromatic carbocycles. The molecule has 0 aliphatic carbocycles. The largest absolute Gasteiger partial charge is 0.471 e. The van der Waals surface area contributed by atoms with Gasteiger partial charge in [0, 0.05) is 26.2 Å². The molecule has 5 nitrogen and oxygen atoms in total. The quantitative estimate of drug-likeness (QED) is 0.801. The molecule has 0 atom stereocenters. The summed E-state index contributed by atoms with van der Waals surface area (Å²) in [6, 6.07) is -0.536. The van der Waals surface area contributed by atoms with E-state index in [2.05, 4.69) is 4.74 Å². The highest BCUT2D eigenvalue weighted by molar-refractivity contribution is 5.82. The zero-order chi connectivity index (χ0) is 13.8. The molecular formula is C10H15F3N2O3. The number of piperidine rings is 1. The molecule has 0 radical (unpaired) electrons. The molecule has 0 spiro atoms. The molecule has 1 aliphatic rings. The number of halogens is 3. The fourth-order valence-corrected chi connectivity index (χ4v) is 1.76. The maximum absolute atomic E-state index is 12.0. The van der Waals surface area contributed by atoms with Gasteiger partial charge in [0.05, 0.1) is 0 Å². The van der Waals surface area contributed by atoms with Gasteiger partial charge < -0.3 is 15.0 Å². The lowest BCUT2D eigenvalue weighted by atomic mass is 10.0. The maximum atomic E-state index is 12.0. The van der Waals surface area contributed by atoms with Gasteiger partial charge in [0.2, 0.25) is 5.91 Å². The number of hydrogen-bond acceptors (Lipinski definition) is 3. The van der Waals surface area contributed by atoms with E-state index in [0.29, 0.717) is 25.9 Å². The van der Waals surface area contributed by atoms with Crippen LogP contribution in [0, 0.1) is 0 Å². The summed E-state index contributed by atoms with van der Waals surface area (Å²) >= 11 is 0. The minimum absolute atomic E-state index is 0.0421. The Bertz CT molecular complexity index is 312. The Morgan fingerprint density at radius 3 is 2.33 bits per heavy atom. The average molecular weight is 268 g/mol. The van der Waals surface area contributed by atoms with Gasteiger partial charge in [-0.1, -0.05) is 0 Å². The molecule has 1 N–H and O–H groups in total. The molecule has 1 rings (SSSR count). The fraction of sp³-hybridized carbons (Fsp3) is 0.800. The number of rotatable bonds is 3. The molecule has 0 unspecified atom stereocenters. The van der Waals surface area contributed by atoms with Gasteiger partial charge in [0.1, 0.15) is 6.61 Å². The van der Waals surface area contributed by atoms with Crippen LogP contribution in [0.2, 0.25) is 0 Å². The molecular weight excluding hydrogens is 253 g/mol. The van der Waals surface area contributed by atoms with Crippen molar-refractivity contribution in [3.05, 3.63) is 0 Å². The van der Waals surface area contributed by atoms with Crippen molar-refractivity contribution in [3.63, 3.8) is 0 Å². The second-order valence-electron chi connectivity index (χ2n) is 4.06. The monoisotopic (exact) mass is 268 g/mol. The first kappa shape index (κ1) is 14.7. The van der Waals surface area contributed by atoms with Gasteiger partial charge in [-0.3, -0.25) is 9.59 Å². The molecule has 1 saturated heterocycles. The van der Waals surface area contributed by atoms with E-state index < -0.39 is 18.1 Å². The highest BCUT2D eigenvalue weighted by Gasteiger charge is 2.40. The number of hydrogen-bond donors (Lipinski definition) is 1. The molecule has 18 heavy (non-hydrogen) atoms. The molecule has 104 valence electrons. The SMILES string of the molecule is COCC(=O)N1CCC(NC(=O)C(F)(F)F)CC1. The first-order valence-electron chi connectivity index (χ1n) is 5.49. The molecule has 0 aromatic heterocycles. The predicted octanol–water partition coefficient (Wildman–Crippen LogP) is 0.302. The van der Waals surface area contributed by atoms with E-state index in [0.717, 1.165) is 0 Å². The highest BCUT2D eigenvalue weighted by atomic mass is 19.4. The van der Waals surface area contributed by atoms with E-state index in [9.17, 15) is 22.8 Å². The Labute approximate surface area is 102 Å². The number of ether oxygens (including phenoxy) is 1. The van der Waals surface area contributed by atoms with Gasteiger partial charge in [-0.05, 0) is 12.8 Å².